The summed E-state index contributed by atoms with van der Waals surface area (Å²) in [6, 6.07) is 8.14. The van der Waals surface area contributed by atoms with E-state index in [1.165, 1.54) is 24.8 Å². The second-order valence-corrected chi connectivity index (χ2v) is 8.76. The Morgan fingerprint density at radius 3 is 2.57 bits per heavy atom. The van der Waals surface area contributed by atoms with Crippen molar-refractivity contribution in [2.45, 2.75) is 39.2 Å². The molecule has 148 valence electrons. The Labute approximate surface area is 165 Å². The summed E-state index contributed by atoms with van der Waals surface area (Å²) >= 11 is 0. The third kappa shape index (κ3) is 3.46. The van der Waals surface area contributed by atoms with Crippen molar-refractivity contribution < 1.29 is 9.32 Å². The lowest BCUT2D eigenvalue weighted by molar-refractivity contribution is -0.139. The maximum Gasteiger partial charge on any atom is 0.241 e. The minimum atomic E-state index is 0.304. The highest BCUT2D eigenvalue weighted by atomic mass is 16.5. The van der Waals surface area contributed by atoms with E-state index in [0.29, 0.717) is 36.0 Å². The van der Waals surface area contributed by atoms with Crippen molar-refractivity contribution in [1.29, 1.82) is 0 Å². The molecule has 1 saturated heterocycles. The molecule has 6 nitrogen and oxygen atoms in total. The number of amides is 1. The first-order valence-corrected chi connectivity index (χ1v) is 10.6. The predicted molar refractivity (Wildman–Crippen MR) is 105 cm³/mol. The normalized spacial score (nSPS) is 27.5. The molecule has 0 spiro atoms. The van der Waals surface area contributed by atoms with E-state index in [2.05, 4.69) is 39.0 Å². The number of aromatic nitrogens is 2. The van der Waals surface area contributed by atoms with Crippen molar-refractivity contribution >= 4 is 5.91 Å². The predicted octanol–water partition coefficient (Wildman–Crippen LogP) is 3.13. The quantitative estimate of drug-likeness (QED) is 0.815. The van der Waals surface area contributed by atoms with E-state index < -0.39 is 0 Å². The molecule has 3 fully saturated rings. The molecule has 1 aromatic carbocycles. The van der Waals surface area contributed by atoms with Gasteiger partial charge in [0.25, 0.3) is 0 Å². The number of carbonyl (C=O) groups is 1. The van der Waals surface area contributed by atoms with Crippen LogP contribution in [0.3, 0.4) is 0 Å². The highest BCUT2D eigenvalue weighted by Crippen LogP contribution is 2.48. The van der Waals surface area contributed by atoms with Crippen LogP contribution in [0, 0.1) is 24.7 Å². The van der Waals surface area contributed by atoms with Gasteiger partial charge in [0.1, 0.15) is 0 Å². The smallest absolute Gasteiger partial charge is 0.241 e. The maximum atomic E-state index is 12.9. The minimum absolute atomic E-state index is 0.304. The summed E-state index contributed by atoms with van der Waals surface area (Å²) in [5, 5.41) is 4.12. The van der Waals surface area contributed by atoms with Gasteiger partial charge in [-0.15, -0.1) is 0 Å². The molecule has 3 atom stereocenters. The molecule has 1 aromatic heterocycles. The molecule has 0 radical (unpaired) electrons. The van der Waals surface area contributed by atoms with E-state index in [-0.39, 0.29) is 0 Å². The average Bonchev–Trinajstić information content (AvgIpc) is 3.46. The molecule has 0 N–H and O–H groups in total. The number of nitrogens with zero attached hydrogens (tertiary/aromatic N) is 4. The van der Waals surface area contributed by atoms with Crippen molar-refractivity contribution in [3.05, 3.63) is 35.7 Å². The van der Waals surface area contributed by atoms with Crippen molar-refractivity contribution in [2.75, 3.05) is 26.2 Å². The van der Waals surface area contributed by atoms with E-state index in [1.54, 1.807) is 0 Å². The van der Waals surface area contributed by atoms with Gasteiger partial charge in [0, 0.05) is 37.7 Å². The van der Waals surface area contributed by atoms with Crippen molar-refractivity contribution in [3.63, 3.8) is 0 Å². The van der Waals surface area contributed by atoms with Crippen molar-refractivity contribution in [2.24, 2.45) is 17.8 Å². The third-order valence-electron chi connectivity index (χ3n) is 6.88. The standard InChI is InChI=1S/C22H28N4O2/c1-15-2-5-17(6-3-15)21-23-20(28-24-21)14-25-8-10-26(11-9-25)22(27)19-13-16-4-7-18(19)12-16/h2-3,5-6,16,18-19H,4,7-14H2,1H3. The zero-order valence-electron chi connectivity index (χ0n) is 16.5. The maximum absolute atomic E-state index is 12.9. The lowest BCUT2D eigenvalue weighted by Crippen LogP contribution is -2.50. The monoisotopic (exact) mass is 380 g/mol. The highest BCUT2D eigenvalue weighted by Gasteiger charge is 2.44. The van der Waals surface area contributed by atoms with Gasteiger partial charge in [-0.25, -0.2) is 0 Å². The lowest BCUT2D eigenvalue weighted by atomic mass is 9.87. The Hall–Kier alpha value is -2.21. The number of carbonyl (C=O) groups excluding carboxylic acids is 1. The summed E-state index contributed by atoms with van der Waals surface area (Å²) in [7, 11) is 0. The molecule has 28 heavy (non-hydrogen) atoms. The highest BCUT2D eigenvalue weighted by molar-refractivity contribution is 5.79. The van der Waals surface area contributed by atoms with Crippen LogP contribution in [0.5, 0.6) is 0 Å². The number of hydrogen-bond acceptors (Lipinski definition) is 5. The van der Waals surface area contributed by atoms with E-state index in [9.17, 15) is 4.79 Å². The number of piperazine rings is 1. The second-order valence-electron chi connectivity index (χ2n) is 8.76. The molecule has 5 rings (SSSR count). The zero-order valence-corrected chi connectivity index (χ0v) is 16.5. The lowest BCUT2D eigenvalue weighted by Gasteiger charge is -2.36. The Bertz CT molecular complexity index is 838. The van der Waals surface area contributed by atoms with Crippen LogP contribution in [-0.4, -0.2) is 52.0 Å². The fourth-order valence-corrected chi connectivity index (χ4v) is 5.24. The van der Waals surface area contributed by atoms with Crippen LogP contribution in [-0.2, 0) is 11.3 Å². The molecule has 2 bridgehead atoms. The zero-order chi connectivity index (χ0) is 19.1. The fraction of sp³-hybridized carbons (Fsp3) is 0.591. The number of fused-ring (bicyclic) bond motifs is 2. The van der Waals surface area contributed by atoms with Crippen LogP contribution < -0.4 is 0 Å². The fourth-order valence-electron chi connectivity index (χ4n) is 5.24. The largest absolute Gasteiger partial charge is 0.340 e. The van der Waals surface area contributed by atoms with Gasteiger partial charge in [-0.3, -0.25) is 9.69 Å². The first kappa shape index (κ1) is 17.9. The van der Waals surface area contributed by atoms with E-state index >= 15 is 0 Å². The van der Waals surface area contributed by atoms with E-state index in [0.717, 1.165) is 44.1 Å². The number of benzene rings is 1. The molecule has 3 unspecified atom stereocenters. The molecular formula is C22H28N4O2. The van der Waals surface area contributed by atoms with Crippen LogP contribution >= 0.6 is 0 Å². The van der Waals surface area contributed by atoms with Crippen molar-refractivity contribution in [3.8, 4) is 11.4 Å². The summed E-state index contributed by atoms with van der Waals surface area (Å²) in [5.74, 6) is 3.47. The summed E-state index contributed by atoms with van der Waals surface area (Å²) in [6.07, 6.45) is 5.03. The van der Waals surface area contributed by atoms with Crippen molar-refractivity contribution in [1.82, 2.24) is 19.9 Å². The Morgan fingerprint density at radius 1 is 1.11 bits per heavy atom. The first-order chi connectivity index (χ1) is 13.7. The van der Waals surface area contributed by atoms with Gasteiger partial charge in [0.15, 0.2) is 0 Å². The van der Waals surface area contributed by atoms with E-state index in [4.69, 9.17) is 4.52 Å². The van der Waals surface area contributed by atoms with E-state index in [1.807, 2.05) is 12.1 Å². The third-order valence-corrected chi connectivity index (χ3v) is 6.88. The molecule has 3 aliphatic rings. The van der Waals surface area contributed by atoms with Gasteiger partial charge >= 0.3 is 0 Å². The number of aryl methyl sites for hydroxylation is 1. The summed E-state index contributed by atoms with van der Waals surface area (Å²) in [5.41, 5.74) is 2.19. The topological polar surface area (TPSA) is 62.5 Å². The summed E-state index contributed by atoms with van der Waals surface area (Å²) in [6.45, 7) is 6.07. The summed E-state index contributed by atoms with van der Waals surface area (Å²) < 4.78 is 5.46. The van der Waals surface area contributed by atoms with Gasteiger partial charge < -0.3 is 9.42 Å². The Morgan fingerprint density at radius 2 is 1.89 bits per heavy atom. The Balaban J connectivity index is 1.15. The van der Waals surface area contributed by atoms with Crippen LogP contribution in [0.2, 0.25) is 0 Å². The first-order valence-electron chi connectivity index (χ1n) is 10.6. The van der Waals surface area contributed by atoms with Crippen LogP contribution in [0.25, 0.3) is 11.4 Å². The van der Waals surface area contributed by atoms with Gasteiger partial charge in [-0.2, -0.15) is 4.98 Å². The van der Waals surface area contributed by atoms with Crippen LogP contribution in [0.15, 0.2) is 28.8 Å². The summed E-state index contributed by atoms with van der Waals surface area (Å²) in [4.78, 5) is 21.8. The molecule has 1 aliphatic heterocycles. The molecule has 2 saturated carbocycles. The second kappa shape index (κ2) is 7.32. The minimum Gasteiger partial charge on any atom is -0.340 e. The SMILES string of the molecule is Cc1ccc(-c2noc(CN3CCN(C(=O)C4CC5CCC4C5)CC3)n2)cc1. The molecule has 2 aliphatic carbocycles. The van der Waals surface area contributed by atoms with Gasteiger partial charge in [0.2, 0.25) is 17.6 Å². The van der Waals surface area contributed by atoms with Crippen LogP contribution in [0.4, 0.5) is 0 Å². The average molecular weight is 380 g/mol. The van der Waals surface area contributed by atoms with Gasteiger partial charge in [-0.1, -0.05) is 41.4 Å². The molecular weight excluding hydrogens is 352 g/mol. The molecule has 2 heterocycles. The molecule has 2 aromatic rings. The van der Waals surface area contributed by atoms with Gasteiger partial charge in [-0.05, 0) is 38.0 Å². The Kier molecular flexibility index (Phi) is 4.67. The molecule has 6 heteroatoms. The van der Waals surface area contributed by atoms with Crippen LogP contribution in [0.1, 0.15) is 37.1 Å². The van der Waals surface area contributed by atoms with Gasteiger partial charge in [0.05, 0.1) is 6.54 Å². The number of rotatable bonds is 4. The number of hydrogen-bond donors (Lipinski definition) is 0. The molecule has 1 amide bonds.